The second-order valence-electron chi connectivity index (χ2n) is 6.04. The maximum atomic E-state index is 12.4. The predicted molar refractivity (Wildman–Crippen MR) is 90.4 cm³/mol. The van der Waals surface area contributed by atoms with E-state index in [1.54, 1.807) is 13.8 Å². The first-order valence-electron chi connectivity index (χ1n) is 7.19. The number of aliphatic carboxylic acids is 1. The molecule has 24 heavy (non-hydrogen) atoms. The second-order valence-corrected chi connectivity index (χ2v) is 8.52. The van der Waals surface area contributed by atoms with Crippen LogP contribution in [-0.2, 0) is 19.6 Å². The van der Waals surface area contributed by atoms with E-state index in [-0.39, 0.29) is 24.3 Å². The summed E-state index contributed by atoms with van der Waals surface area (Å²) in [6.45, 7) is 2.99. The molecular weight excluding hydrogens is 356 g/mol. The van der Waals surface area contributed by atoms with Gasteiger partial charge in [-0.2, -0.15) is 4.31 Å². The maximum absolute atomic E-state index is 12.4. The van der Waals surface area contributed by atoms with Gasteiger partial charge >= 0.3 is 5.97 Å². The van der Waals surface area contributed by atoms with Crippen molar-refractivity contribution in [3.05, 3.63) is 29.3 Å². The SMILES string of the molecule is CN(CC(=O)NC(C)(C)CCC(=O)O)S(=O)(=O)c1ccc(Cl)cc1. The highest BCUT2D eigenvalue weighted by atomic mass is 35.5. The molecule has 0 aromatic heterocycles. The number of halogens is 1. The summed E-state index contributed by atoms with van der Waals surface area (Å²) in [7, 11) is -2.51. The Balaban J connectivity index is 2.72. The van der Waals surface area contributed by atoms with Gasteiger partial charge in [0.15, 0.2) is 0 Å². The Labute approximate surface area is 146 Å². The molecule has 0 fully saturated rings. The Morgan fingerprint density at radius 1 is 1.25 bits per heavy atom. The monoisotopic (exact) mass is 376 g/mol. The van der Waals surface area contributed by atoms with Crippen LogP contribution >= 0.6 is 11.6 Å². The third-order valence-electron chi connectivity index (χ3n) is 3.33. The van der Waals surface area contributed by atoms with E-state index in [0.717, 1.165) is 4.31 Å². The maximum Gasteiger partial charge on any atom is 0.303 e. The molecule has 9 heteroatoms. The molecule has 0 atom stereocenters. The van der Waals surface area contributed by atoms with Crippen LogP contribution in [0.25, 0.3) is 0 Å². The Kier molecular flexibility index (Phi) is 6.76. The summed E-state index contributed by atoms with van der Waals surface area (Å²) in [5.41, 5.74) is -0.750. The summed E-state index contributed by atoms with van der Waals surface area (Å²) < 4.78 is 25.7. The van der Waals surface area contributed by atoms with Crippen LogP contribution in [-0.4, -0.2) is 48.8 Å². The Bertz CT molecular complexity index is 701. The molecule has 1 aromatic carbocycles. The number of amides is 1. The number of carboxylic acids is 1. The van der Waals surface area contributed by atoms with Gasteiger partial charge in [-0.05, 0) is 44.5 Å². The highest BCUT2D eigenvalue weighted by molar-refractivity contribution is 7.89. The summed E-state index contributed by atoms with van der Waals surface area (Å²) in [6.07, 6.45) is 0.147. The Hall–Kier alpha value is -1.64. The van der Waals surface area contributed by atoms with Gasteiger partial charge in [0.05, 0.1) is 11.4 Å². The lowest BCUT2D eigenvalue weighted by Gasteiger charge is -2.27. The molecule has 134 valence electrons. The highest BCUT2D eigenvalue weighted by Gasteiger charge is 2.26. The zero-order chi connectivity index (χ0) is 18.5. The lowest BCUT2D eigenvalue weighted by Crippen LogP contribution is -2.48. The summed E-state index contributed by atoms with van der Waals surface area (Å²) >= 11 is 5.74. The normalized spacial score (nSPS) is 12.2. The number of carbonyl (C=O) groups excluding carboxylic acids is 1. The first-order valence-corrected chi connectivity index (χ1v) is 9.00. The van der Waals surface area contributed by atoms with Gasteiger partial charge in [0, 0.05) is 24.0 Å². The number of rotatable bonds is 8. The Morgan fingerprint density at radius 2 is 1.79 bits per heavy atom. The van der Waals surface area contributed by atoms with Gasteiger partial charge in [-0.1, -0.05) is 11.6 Å². The number of nitrogens with one attached hydrogen (secondary N) is 1. The van der Waals surface area contributed by atoms with Gasteiger partial charge in [0.2, 0.25) is 15.9 Å². The van der Waals surface area contributed by atoms with Crippen LogP contribution in [0.1, 0.15) is 26.7 Å². The van der Waals surface area contributed by atoms with Crippen molar-refractivity contribution in [2.45, 2.75) is 37.1 Å². The van der Waals surface area contributed by atoms with Crippen molar-refractivity contribution in [2.75, 3.05) is 13.6 Å². The minimum Gasteiger partial charge on any atom is -0.481 e. The molecule has 1 rings (SSSR count). The number of carbonyl (C=O) groups is 2. The van der Waals surface area contributed by atoms with Crippen LogP contribution in [0.4, 0.5) is 0 Å². The molecule has 1 aromatic rings. The van der Waals surface area contributed by atoms with Gasteiger partial charge in [0.25, 0.3) is 0 Å². The summed E-state index contributed by atoms with van der Waals surface area (Å²) in [4.78, 5) is 22.7. The van der Waals surface area contributed by atoms with Gasteiger partial charge in [-0.25, -0.2) is 8.42 Å². The first kappa shape index (κ1) is 20.4. The van der Waals surface area contributed by atoms with Crippen molar-refractivity contribution in [2.24, 2.45) is 0 Å². The van der Waals surface area contributed by atoms with Crippen LogP contribution in [0.2, 0.25) is 5.02 Å². The molecule has 7 nitrogen and oxygen atoms in total. The van der Waals surface area contributed by atoms with E-state index in [2.05, 4.69) is 5.32 Å². The van der Waals surface area contributed by atoms with Gasteiger partial charge in [-0.3, -0.25) is 9.59 Å². The predicted octanol–water partition coefficient (Wildman–Crippen LogP) is 1.72. The number of carboxylic acid groups (broad SMARTS) is 1. The smallest absolute Gasteiger partial charge is 0.303 e. The lowest BCUT2D eigenvalue weighted by atomic mass is 9.98. The fourth-order valence-corrected chi connectivity index (χ4v) is 3.23. The van der Waals surface area contributed by atoms with Crippen LogP contribution in [0, 0.1) is 0 Å². The molecule has 0 aliphatic carbocycles. The van der Waals surface area contributed by atoms with E-state index in [1.807, 2.05) is 0 Å². The second kappa shape index (κ2) is 7.96. The van der Waals surface area contributed by atoms with E-state index in [4.69, 9.17) is 16.7 Å². The molecule has 0 radical (unpaired) electrons. The quantitative estimate of drug-likeness (QED) is 0.718. The molecule has 0 unspecified atom stereocenters. The number of benzene rings is 1. The molecule has 0 saturated heterocycles. The van der Waals surface area contributed by atoms with E-state index in [0.29, 0.717) is 5.02 Å². The highest BCUT2D eigenvalue weighted by Crippen LogP contribution is 2.17. The number of hydrogen-bond donors (Lipinski definition) is 2. The van der Waals surface area contributed by atoms with E-state index in [1.165, 1.54) is 31.3 Å². The molecule has 1 amide bonds. The molecule has 0 aliphatic heterocycles. The van der Waals surface area contributed by atoms with Crippen molar-refractivity contribution in [1.82, 2.24) is 9.62 Å². The van der Waals surface area contributed by atoms with Gasteiger partial charge in [0.1, 0.15) is 0 Å². The average Bonchev–Trinajstić information content (AvgIpc) is 2.45. The van der Waals surface area contributed by atoms with Gasteiger partial charge in [-0.15, -0.1) is 0 Å². The number of sulfonamides is 1. The number of hydrogen-bond acceptors (Lipinski definition) is 4. The van der Waals surface area contributed by atoms with Gasteiger partial charge < -0.3 is 10.4 Å². The third kappa shape index (κ3) is 6.10. The number of nitrogens with zero attached hydrogens (tertiary/aromatic N) is 1. The minimum atomic E-state index is -3.81. The molecule has 0 aliphatic rings. The van der Waals surface area contributed by atoms with E-state index in [9.17, 15) is 18.0 Å². The van der Waals surface area contributed by atoms with Crippen LogP contribution < -0.4 is 5.32 Å². The van der Waals surface area contributed by atoms with Crippen LogP contribution in [0.15, 0.2) is 29.2 Å². The summed E-state index contributed by atoms with van der Waals surface area (Å²) in [6, 6.07) is 5.64. The van der Waals surface area contributed by atoms with Crippen molar-refractivity contribution >= 4 is 33.5 Å². The summed E-state index contributed by atoms with van der Waals surface area (Å²) in [5, 5.41) is 11.8. The Morgan fingerprint density at radius 3 is 2.29 bits per heavy atom. The fourth-order valence-electron chi connectivity index (χ4n) is 1.97. The standard InChI is InChI=1S/C15H21ClN2O5S/c1-15(2,9-8-14(20)21)17-13(19)10-18(3)24(22,23)12-6-4-11(16)5-7-12/h4-7H,8-10H2,1-3H3,(H,17,19)(H,20,21). The largest absolute Gasteiger partial charge is 0.481 e. The van der Waals surface area contributed by atoms with E-state index >= 15 is 0 Å². The molecule has 0 saturated carbocycles. The van der Waals surface area contributed by atoms with Crippen molar-refractivity contribution in [3.8, 4) is 0 Å². The summed E-state index contributed by atoms with van der Waals surface area (Å²) in [5.74, 6) is -1.47. The minimum absolute atomic E-state index is 0.0346. The molecular formula is C15H21ClN2O5S. The van der Waals surface area contributed by atoms with Crippen LogP contribution in [0.3, 0.4) is 0 Å². The fraction of sp³-hybridized carbons (Fsp3) is 0.467. The van der Waals surface area contributed by atoms with Crippen LogP contribution in [0.5, 0.6) is 0 Å². The topological polar surface area (TPSA) is 104 Å². The average molecular weight is 377 g/mol. The number of likely N-dealkylation sites (N-methyl/N-ethyl adjacent to an activating group) is 1. The van der Waals surface area contributed by atoms with Crippen molar-refractivity contribution in [3.63, 3.8) is 0 Å². The molecule has 0 spiro atoms. The molecule has 2 N–H and O–H groups in total. The van der Waals surface area contributed by atoms with Crippen molar-refractivity contribution in [1.29, 1.82) is 0 Å². The molecule has 0 bridgehead atoms. The lowest BCUT2D eigenvalue weighted by molar-refractivity contribution is -0.137. The zero-order valence-corrected chi connectivity index (χ0v) is 15.3. The zero-order valence-electron chi connectivity index (χ0n) is 13.7. The van der Waals surface area contributed by atoms with E-state index < -0.39 is 27.4 Å². The first-order chi connectivity index (χ1) is 10.9. The molecule has 0 heterocycles. The van der Waals surface area contributed by atoms with Crippen molar-refractivity contribution < 1.29 is 23.1 Å². The third-order valence-corrected chi connectivity index (χ3v) is 5.40.